The maximum atomic E-state index is 10.7. The van der Waals surface area contributed by atoms with Crippen LogP contribution in [0.5, 0.6) is 0 Å². The summed E-state index contributed by atoms with van der Waals surface area (Å²) in [5, 5.41) is 9.91. The van der Waals surface area contributed by atoms with Crippen LogP contribution in [0.3, 0.4) is 0 Å². The molecule has 1 aromatic heterocycles. The lowest BCUT2D eigenvalue weighted by Gasteiger charge is -2.29. The molecule has 1 aromatic rings. The van der Waals surface area contributed by atoms with Gasteiger partial charge in [0.15, 0.2) is 0 Å². The first-order chi connectivity index (χ1) is 9.04. The molecule has 0 radical (unpaired) electrons. The summed E-state index contributed by atoms with van der Waals surface area (Å²) < 4.78 is 0. The molecule has 0 unspecified atom stereocenters. The monoisotopic (exact) mass is 282 g/mol. The molecule has 1 N–H and O–H groups in total. The second-order valence-corrected chi connectivity index (χ2v) is 6.63. The number of piperidine rings is 1. The maximum absolute atomic E-state index is 10.7. The number of carbonyl (C=O) groups is 1. The van der Waals surface area contributed by atoms with Crippen LogP contribution in [0.4, 0.5) is 0 Å². The first-order valence-electron chi connectivity index (χ1n) is 6.94. The summed E-state index contributed by atoms with van der Waals surface area (Å²) in [4.78, 5) is 18.6. The molecule has 0 bridgehead atoms. The number of hydrogen-bond donors (Lipinski definition) is 1. The first kappa shape index (κ1) is 14.5. The molecule has 4 nitrogen and oxygen atoms in total. The van der Waals surface area contributed by atoms with Gasteiger partial charge in [-0.25, -0.2) is 4.98 Å². The SMILES string of the molecule is Cc1nc(CCN2CCC(C)CC2)sc1CC(=O)O. The second kappa shape index (κ2) is 6.48. The van der Waals surface area contributed by atoms with Crippen LogP contribution < -0.4 is 0 Å². The van der Waals surface area contributed by atoms with E-state index in [0.29, 0.717) is 0 Å². The van der Waals surface area contributed by atoms with Gasteiger partial charge < -0.3 is 10.0 Å². The Labute approximate surface area is 118 Å². The molecule has 0 atom stereocenters. The smallest absolute Gasteiger partial charge is 0.308 e. The van der Waals surface area contributed by atoms with Crippen molar-refractivity contribution in [2.24, 2.45) is 5.92 Å². The molecule has 1 aliphatic heterocycles. The zero-order valence-electron chi connectivity index (χ0n) is 11.7. The highest BCUT2D eigenvalue weighted by Crippen LogP contribution is 2.21. The third-order valence-electron chi connectivity index (χ3n) is 3.77. The summed E-state index contributed by atoms with van der Waals surface area (Å²) in [6.07, 6.45) is 3.63. The third-order valence-corrected chi connectivity index (χ3v) is 4.98. The van der Waals surface area contributed by atoms with Gasteiger partial charge >= 0.3 is 5.97 Å². The minimum atomic E-state index is -0.775. The number of aryl methyl sites for hydroxylation is 1. The van der Waals surface area contributed by atoms with Crippen molar-refractivity contribution < 1.29 is 9.90 Å². The summed E-state index contributed by atoms with van der Waals surface area (Å²) in [6.45, 7) is 7.65. The van der Waals surface area contributed by atoms with E-state index in [9.17, 15) is 4.79 Å². The van der Waals surface area contributed by atoms with Gasteiger partial charge in [-0.3, -0.25) is 4.79 Å². The van der Waals surface area contributed by atoms with Gasteiger partial charge in [0.2, 0.25) is 0 Å². The predicted molar refractivity (Wildman–Crippen MR) is 76.7 cm³/mol. The molecule has 5 heteroatoms. The van der Waals surface area contributed by atoms with E-state index in [-0.39, 0.29) is 6.42 Å². The summed E-state index contributed by atoms with van der Waals surface area (Å²) in [7, 11) is 0. The molecule has 0 saturated carbocycles. The van der Waals surface area contributed by atoms with E-state index < -0.39 is 5.97 Å². The van der Waals surface area contributed by atoms with Gasteiger partial charge in [0.1, 0.15) is 0 Å². The van der Waals surface area contributed by atoms with Gasteiger partial charge in [-0.2, -0.15) is 0 Å². The summed E-state index contributed by atoms with van der Waals surface area (Å²) in [6, 6.07) is 0. The molecule has 2 heterocycles. The number of aromatic nitrogens is 1. The van der Waals surface area contributed by atoms with Crippen LogP contribution in [-0.2, 0) is 17.6 Å². The van der Waals surface area contributed by atoms with Crippen LogP contribution in [0.1, 0.15) is 35.3 Å². The zero-order valence-corrected chi connectivity index (χ0v) is 12.5. The molecule has 19 heavy (non-hydrogen) atoms. The number of carboxylic acids is 1. The van der Waals surface area contributed by atoms with E-state index in [1.165, 1.54) is 25.9 Å². The fourth-order valence-electron chi connectivity index (χ4n) is 2.44. The first-order valence-corrected chi connectivity index (χ1v) is 7.75. The Balaban J connectivity index is 1.84. The largest absolute Gasteiger partial charge is 0.481 e. The van der Waals surface area contributed by atoms with E-state index in [1.54, 1.807) is 11.3 Å². The number of likely N-dealkylation sites (tertiary alicyclic amines) is 1. The van der Waals surface area contributed by atoms with Crippen molar-refractivity contribution in [3.05, 3.63) is 15.6 Å². The van der Waals surface area contributed by atoms with Crippen molar-refractivity contribution in [2.45, 2.75) is 39.5 Å². The molecule has 0 aromatic carbocycles. The topological polar surface area (TPSA) is 53.4 Å². The molecular formula is C14H22N2O2S. The normalized spacial score (nSPS) is 17.8. The minimum Gasteiger partial charge on any atom is -0.481 e. The van der Waals surface area contributed by atoms with Crippen molar-refractivity contribution in [1.29, 1.82) is 0 Å². The highest BCUT2D eigenvalue weighted by Gasteiger charge is 2.16. The molecule has 1 aliphatic rings. The van der Waals surface area contributed by atoms with Gasteiger partial charge in [0.05, 0.1) is 17.1 Å². The molecule has 1 saturated heterocycles. The highest BCUT2D eigenvalue weighted by atomic mass is 32.1. The minimum absolute atomic E-state index is 0.102. The van der Waals surface area contributed by atoms with E-state index in [2.05, 4.69) is 16.8 Å². The number of rotatable bonds is 5. The Hall–Kier alpha value is -0.940. The Morgan fingerprint density at radius 1 is 1.47 bits per heavy atom. The highest BCUT2D eigenvalue weighted by molar-refractivity contribution is 7.11. The standard InChI is InChI=1S/C14H22N2O2S/c1-10-3-6-16(7-4-10)8-5-13-15-11(2)12(19-13)9-14(17)18/h10H,3-9H2,1-2H3,(H,17,18). The molecule has 2 rings (SSSR count). The maximum Gasteiger partial charge on any atom is 0.308 e. The van der Waals surface area contributed by atoms with Crippen LogP contribution in [0.15, 0.2) is 0 Å². The number of aliphatic carboxylic acids is 1. The average molecular weight is 282 g/mol. The predicted octanol–water partition coefficient (Wildman–Crippen LogP) is 2.35. The molecule has 0 aliphatic carbocycles. The molecular weight excluding hydrogens is 260 g/mol. The second-order valence-electron chi connectivity index (χ2n) is 5.46. The molecule has 0 spiro atoms. The van der Waals surface area contributed by atoms with Gasteiger partial charge in [-0.15, -0.1) is 11.3 Å². The van der Waals surface area contributed by atoms with Gasteiger partial charge in [0.25, 0.3) is 0 Å². The van der Waals surface area contributed by atoms with E-state index in [4.69, 9.17) is 5.11 Å². The van der Waals surface area contributed by atoms with Crippen molar-refractivity contribution in [2.75, 3.05) is 19.6 Å². The van der Waals surface area contributed by atoms with Crippen LogP contribution >= 0.6 is 11.3 Å². The van der Waals surface area contributed by atoms with Crippen LogP contribution in [0.25, 0.3) is 0 Å². The van der Waals surface area contributed by atoms with Crippen molar-refractivity contribution >= 4 is 17.3 Å². The lowest BCUT2D eigenvalue weighted by molar-refractivity contribution is -0.136. The van der Waals surface area contributed by atoms with Gasteiger partial charge in [-0.1, -0.05) is 6.92 Å². The summed E-state index contributed by atoms with van der Waals surface area (Å²) >= 11 is 1.56. The number of nitrogens with zero attached hydrogens (tertiary/aromatic N) is 2. The number of hydrogen-bond acceptors (Lipinski definition) is 4. The molecule has 0 amide bonds. The lowest BCUT2D eigenvalue weighted by atomic mass is 9.99. The number of thiazole rings is 1. The summed E-state index contributed by atoms with van der Waals surface area (Å²) in [5.41, 5.74) is 0.884. The van der Waals surface area contributed by atoms with E-state index >= 15 is 0 Å². The zero-order chi connectivity index (χ0) is 13.8. The average Bonchev–Trinajstić information content (AvgIpc) is 2.69. The Morgan fingerprint density at radius 2 is 2.16 bits per heavy atom. The van der Waals surface area contributed by atoms with E-state index in [1.807, 2.05) is 6.92 Å². The number of carboxylic acid groups (broad SMARTS) is 1. The fourth-order valence-corrected chi connectivity index (χ4v) is 3.49. The van der Waals surface area contributed by atoms with Crippen LogP contribution in [0.2, 0.25) is 0 Å². The molecule has 1 fully saturated rings. The van der Waals surface area contributed by atoms with Crippen LogP contribution in [-0.4, -0.2) is 40.6 Å². The molecule has 106 valence electrons. The van der Waals surface area contributed by atoms with Crippen molar-refractivity contribution in [3.8, 4) is 0 Å². The van der Waals surface area contributed by atoms with Crippen molar-refractivity contribution in [3.63, 3.8) is 0 Å². The van der Waals surface area contributed by atoms with Gasteiger partial charge in [0, 0.05) is 17.8 Å². The Morgan fingerprint density at radius 3 is 2.79 bits per heavy atom. The van der Waals surface area contributed by atoms with Crippen LogP contribution in [0, 0.1) is 12.8 Å². The Kier molecular flexibility index (Phi) is 4.93. The quantitative estimate of drug-likeness (QED) is 0.900. The fraction of sp³-hybridized carbons (Fsp3) is 0.714. The van der Waals surface area contributed by atoms with Crippen molar-refractivity contribution in [1.82, 2.24) is 9.88 Å². The van der Waals surface area contributed by atoms with E-state index in [0.717, 1.165) is 34.5 Å². The summed E-state index contributed by atoms with van der Waals surface area (Å²) in [5.74, 6) is 0.0869. The van der Waals surface area contributed by atoms with Gasteiger partial charge in [-0.05, 0) is 38.8 Å². The Bertz CT molecular complexity index is 437. The lowest BCUT2D eigenvalue weighted by Crippen LogP contribution is -2.34. The third kappa shape index (κ3) is 4.28.